The van der Waals surface area contributed by atoms with E-state index in [2.05, 4.69) is 5.32 Å². The first kappa shape index (κ1) is 14.9. The number of nitrogens with one attached hydrogen (secondary N) is 1. The summed E-state index contributed by atoms with van der Waals surface area (Å²) in [5.41, 5.74) is -0.887. The minimum atomic E-state index is -1.80. The number of nitro groups is 1. The molecule has 0 unspecified atom stereocenters. The van der Waals surface area contributed by atoms with E-state index >= 15 is 0 Å². The van der Waals surface area contributed by atoms with Gasteiger partial charge in [-0.1, -0.05) is 17.7 Å². The normalized spacial score (nSPS) is 11.7. The van der Waals surface area contributed by atoms with Gasteiger partial charge in [-0.05, 0) is 6.07 Å². The lowest BCUT2D eigenvalue weighted by Crippen LogP contribution is -2.36. The lowest BCUT2D eigenvalue weighted by atomic mass is 10.1. The molecule has 9 heteroatoms. The molecule has 1 rings (SSSR count). The fraction of sp³-hybridized carbons (Fsp3) is 0.200. The van der Waals surface area contributed by atoms with Crippen molar-refractivity contribution in [2.75, 3.05) is 6.54 Å². The maximum absolute atomic E-state index is 11.7. The van der Waals surface area contributed by atoms with E-state index in [1.54, 1.807) is 0 Å². The number of aliphatic carboxylic acids is 1. The van der Waals surface area contributed by atoms with Gasteiger partial charge in [0.1, 0.15) is 5.56 Å². The third-order valence-electron chi connectivity index (χ3n) is 2.16. The molecule has 0 aliphatic carbocycles. The van der Waals surface area contributed by atoms with Crippen molar-refractivity contribution < 1.29 is 24.7 Å². The van der Waals surface area contributed by atoms with Crippen molar-refractivity contribution in [3.8, 4) is 0 Å². The van der Waals surface area contributed by atoms with Crippen LogP contribution in [0.2, 0.25) is 5.02 Å². The number of carbonyl (C=O) groups excluding carboxylic acids is 1. The number of carbonyl (C=O) groups is 2. The predicted octanol–water partition coefficient (Wildman–Crippen LogP) is 0.424. The highest BCUT2D eigenvalue weighted by molar-refractivity contribution is 6.34. The van der Waals surface area contributed by atoms with Crippen LogP contribution in [0, 0.1) is 10.1 Å². The van der Waals surface area contributed by atoms with Crippen LogP contribution in [0.4, 0.5) is 5.69 Å². The molecule has 0 heterocycles. The molecule has 19 heavy (non-hydrogen) atoms. The average Bonchev–Trinajstić information content (AvgIpc) is 2.34. The molecular weight excluding hydrogens is 280 g/mol. The Morgan fingerprint density at radius 2 is 2.11 bits per heavy atom. The van der Waals surface area contributed by atoms with E-state index in [0.29, 0.717) is 0 Å². The highest BCUT2D eigenvalue weighted by Crippen LogP contribution is 2.25. The summed E-state index contributed by atoms with van der Waals surface area (Å²) in [5.74, 6) is -2.45. The third-order valence-corrected chi connectivity index (χ3v) is 2.47. The van der Waals surface area contributed by atoms with Crippen LogP contribution in [0.15, 0.2) is 18.2 Å². The van der Waals surface area contributed by atoms with Crippen LogP contribution in [0.5, 0.6) is 0 Å². The Morgan fingerprint density at radius 3 is 2.63 bits per heavy atom. The number of carboxylic acid groups (broad SMARTS) is 1. The summed E-state index contributed by atoms with van der Waals surface area (Å²) in [6.45, 7) is -0.587. The summed E-state index contributed by atoms with van der Waals surface area (Å²) in [4.78, 5) is 32.0. The largest absolute Gasteiger partial charge is 0.479 e. The zero-order chi connectivity index (χ0) is 14.6. The molecule has 0 fully saturated rings. The van der Waals surface area contributed by atoms with Crippen molar-refractivity contribution in [3.63, 3.8) is 0 Å². The van der Waals surface area contributed by atoms with Crippen LogP contribution >= 0.6 is 11.6 Å². The molecule has 0 saturated carbocycles. The van der Waals surface area contributed by atoms with Gasteiger partial charge in [0.25, 0.3) is 11.6 Å². The number of aliphatic hydroxyl groups is 1. The zero-order valence-electron chi connectivity index (χ0n) is 9.37. The molecule has 8 nitrogen and oxygen atoms in total. The molecular formula is C10H9ClN2O6. The van der Waals surface area contributed by atoms with Crippen LogP contribution in [0.25, 0.3) is 0 Å². The number of carboxylic acids is 1. The Balaban J connectivity index is 2.94. The first-order valence-electron chi connectivity index (χ1n) is 4.96. The third kappa shape index (κ3) is 3.63. The number of halogens is 1. The average molecular weight is 289 g/mol. The number of hydrogen-bond acceptors (Lipinski definition) is 5. The molecule has 0 saturated heterocycles. The quantitative estimate of drug-likeness (QED) is 0.532. The maximum atomic E-state index is 11.7. The van der Waals surface area contributed by atoms with Crippen LogP contribution < -0.4 is 5.32 Å². The highest BCUT2D eigenvalue weighted by atomic mass is 35.5. The van der Waals surface area contributed by atoms with Crippen LogP contribution in [0.3, 0.4) is 0 Å². The van der Waals surface area contributed by atoms with Gasteiger partial charge in [0.2, 0.25) is 0 Å². The second kappa shape index (κ2) is 6.12. The molecule has 1 aromatic carbocycles. The first-order valence-corrected chi connectivity index (χ1v) is 5.34. The summed E-state index contributed by atoms with van der Waals surface area (Å²) < 4.78 is 0. The Kier molecular flexibility index (Phi) is 4.79. The number of nitro benzene ring substituents is 1. The van der Waals surface area contributed by atoms with Crippen molar-refractivity contribution in [1.29, 1.82) is 0 Å². The van der Waals surface area contributed by atoms with Crippen molar-refractivity contribution >= 4 is 29.2 Å². The molecule has 102 valence electrons. The number of rotatable bonds is 5. The minimum Gasteiger partial charge on any atom is -0.479 e. The van der Waals surface area contributed by atoms with Crippen LogP contribution in [-0.2, 0) is 4.79 Å². The van der Waals surface area contributed by atoms with Gasteiger partial charge in [0.15, 0.2) is 6.10 Å². The minimum absolute atomic E-state index is 0.142. The molecule has 1 aromatic rings. The fourth-order valence-corrected chi connectivity index (χ4v) is 1.51. The maximum Gasteiger partial charge on any atom is 0.334 e. The molecule has 0 bridgehead atoms. The van der Waals surface area contributed by atoms with Crippen LogP contribution in [-0.4, -0.2) is 39.7 Å². The van der Waals surface area contributed by atoms with Gasteiger partial charge in [0.05, 0.1) is 16.5 Å². The van der Waals surface area contributed by atoms with E-state index in [0.717, 1.165) is 6.07 Å². The lowest BCUT2D eigenvalue weighted by Gasteiger charge is -2.09. The molecule has 1 amide bonds. The zero-order valence-corrected chi connectivity index (χ0v) is 10.1. The van der Waals surface area contributed by atoms with E-state index in [1.807, 2.05) is 0 Å². The molecule has 0 spiro atoms. The van der Waals surface area contributed by atoms with Gasteiger partial charge in [-0.15, -0.1) is 0 Å². The molecule has 0 radical (unpaired) electrons. The molecule has 0 aliphatic heterocycles. The summed E-state index contributed by atoms with van der Waals surface area (Å²) >= 11 is 5.70. The standard InChI is InChI=1S/C10H9ClN2O6/c11-5-2-1-3-6(13(18)19)8(5)9(15)12-4-7(14)10(16)17/h1-3,7,14H,4H2,(H,12,15)(H,16,17)/t7-/m0/s1. The van der Waals surface area contributed by atoms with E-state index in [1.165, 1.54) is 12.1 Å². The highest BCUT2D eigenvalue weighted by Gasteiger charge is 2.24. The summed E-state index contributed by atoms with van der Waals surface area (Å²) in [7, 11) is 0. The molecule has 3 N–H and O–H groups in total. The van der Waals surface area contributed by atoms with Gasteiger partial charge in [-0.2, -0.15) is 0 Å². The Labute approximate surface area is 111 Å². The number of nitrogens with zero attached hydrogens (tertiary/aromatic N) is 1. The van der Waals surface area contributed by atoms with E-state index in [-0.39, 0.29) is 10.6 Å². The Bertz CT molecular complexity index is 533. The van der Waals surface area contributed by atoms with Gasteiger partial charge in [-0.25, -0.2) is 4.79 Å². The lowest BCUT2D eigenvalue weighted by molar-refractivity contribution is -0.385. The summed E-state index contributed by atoms with van der Waals surface area (Å²) in [6, 6.07) is 3.69. The number of hydrogen-bond donors (Lipinski definition) is 3. The van der Waals surface area contributed by atoms with Crippen LogP contribution in [0.1, 0.15) is 10.4 Å². The van der Waals surface area contributed by atoms with Crippen molar-refractivity contribution in [3.05, 3.63) is 38.9 Å². The summed E-state index contributed by atoms with van der Waals surface area (Å²) in [6.07, 6.45) is -1.80. The fourth-order valence-electron chi connectivity index (χ4n) is 1.25. The Morgan fingerprint density at radius 1 is 1.47 bits per heavy atom. The van der Waals surface area contributed by atoms with Crippen molar-refractivity contribution in [1.82, 2.24) is 5.32 Å². The summed E-state index contributed by atoms with van der Waals surface area (Å²) in [5, 5.41) is 30.1. The number of aliphatic hydroxyl groups excluding tert-OH is 1. The van der Waals surface area contributed by atoms with Gasteiger partial charge < -0.3 is 15.5 Å². The molecule has 0 aromatic heterocycles. The SMILES string of the molecule is O=C(NC[C@H](O)C(=O)O)c1c(Cl)cccc1[N+](=O)[O-]. The second-order valence-electron chi connectivity index (χ2n) is 3.46. The van der Waals surface area contributed by atoms with E-state index < -0.39 is 35.1 Å². The van der Waals surface area contributed by atoms with Crippen molar-refractivity contribution in [2.45, 2.75) is 6.10 Å². The van der Waals surface area contributed by atoms with Crippen molar-refractivity contribution in [2.24, 2.45) is 0 Å². The first-order chi connectivity index (χ1) is 8.84. The molecule has 1 atom stereocenters. The second-order valence-corrected chi connectivity index (χ2v) is 3.86. The molecule has 0 aliphatic rings. The number of benzene rings is 1. The van der Waals surface area contributed by atoms with Gasteiger partial charge in [0, 0.05) is 6.07 Å². The van der Waals surface area contributed by atoms with E-state index in [4.69, 9.17) is 21.8 Å². The topological polar surface area (TPSA) is 130 Å². The Hall–Kier alpha value is -2.19. The predicted molar refractivity (Wildman–Crippen MR) is 64.1 cm³/mol. The number of amides is 1. The van der Waals surface area contributed by atoms with E-state index in [9.17, 15) is 19.7 Å². The monoisotopic (exact) mass is 288 g/mol. The smallest absolute Gasteiger partial charge is 0.334 e. The van der Waals surface area contributed by atoms with Gasteiger partial charge in [-0.3, -0.25) is 14.9 Å². The van der Waals surface area contributed by atoms with Gasteiger partial charge >= 0.3 is 5.97 Å².